The van der Waals surface area contributed by atoms with Crippen LogP contribution in [0.3, 0.4) is 0 Å². The Bertz CT molecular complexity index is 146. The van der Waals surface area contributed by atoms with Crippen molar-refractivity contribution in [1.82, 2.24) is 4.90 Å². The number of nitrogens with zero attached hydrogens (tertiary/aromatic N) is 1. The summed E-state index contributed by atoms with van der Waals surface area (Å²) < 4.78 is 11.7. The van der Waals surface area contributed by atoms with Crippen LogP contribution < -0.4 is 0 Å². The van der Waals surface area contributed by atoms with Crippen molar-refractivity contribution in [2.24, 2.45) is 0 Å². The molecule has 0 fully saturated rings. The minimum atomic E-state index is -1.38. The average molecular weight is 261 g/mol. The van der Waals surface area contributed by atoms with Gasteiger partial charge in [0.15, 0.2) is 0 Å². The Hall–Kier alpha value is 0.0969. The van der Waals surface area contributed by atoms with E-state index in [1.54, 1.807) is 0 Å². The van der Waals surface area contributed by atoms with Crippen LogP contribution in [0, 0.1) is 0 Å². The molecule has 0 rings (SSSR count). The molecular weight excluding hydrogens is 230 g/mol. The number of hydrogen-bond donors (Lipinski definition) is 0. The average Bonchev–Trinajstić information content (AvgIpc) is 2.37. The summed E-state index contributed by atoms with van der Waals surface area (Å²) >= 11 is 0. The minimum Gasteiger partial charge on any atom is -0.397 e. The standard InChI is InChI=1S/C13H31NO2Si/c1-5-11-15-17(16-12-6-2)13-9-10-14(7-3)8-4/h17H,5-13H2,1-4H3. The normalized spacial score (nSPS) is 11.6. The number of rotatable bonds is 12. The SMILES string of the molecule is CCCO[SiH](CCCN(CC)CC)OCCC. The van der Waals surface area contributed by atoms with Crippen LogP contribution in [0.2, 0.25) is 6.04 Å². The lowest BCUT2D eigenvalue weighted by Gasteiger charge is -2.20. The molecule has 0 unspecified atom stereocenters. The summed E-state index contributed by atoms with van der Waals surface area (Å²) in [6.45, 7) is 14.0. The summed E-state index contributed by atoms with van der Waals surface area (Å²) in [6.07, 6.45) is 3.40. The highest BCUT2D eigenvalue weighted by Gasteiger charge is 2.13. The van der Waals surface area contributed by atoms with Gasteiger partial charge in [-0.3, -0.25) is 0 Å². The van der Waals surface area contributed by atoms with Gasteiger partial charge >= 0.3 is 9.28 Å². The van der Waals surface area contributed by atoms with Gasteiger partial charge in [0.05, 0.1) is 0 Å². The van der Waals surface area contributed by atoms with Crippen LogP contribution in [0.25, 0.3) is 0 Å². The molecule has 0 saturated heterocycles. The van der Waals surface area contributed by atoms with Gasteiger partial charge in [0.2, 0.25) is 0 Å². The zero-order chi connectivity index (χ0) is 12.9. The lowest BCUT2D eigenvalue weighted by atomic mass is 10.4. The monoisotopic (exact) mass is 261 g/mol. The van der Waals surface area contributed by atoms with Gasteiger partial charge in [-0.15, -0.1) is 0 Å². The number of hydrogen-bond acceptors (Lipinski definition) is 3. The van der Waals surface area contributed by atoms with Gasteiger partial charge in [-0.25, -0.2) is 0 Å². The lowest BCUT2D eigenvalue weighted by Crippen LogP contribution is -2.28. The first-order valence-electron chi connectivity index (χ1n) is 7.23. The molecule has 0 heterocycles. The zero-order valence-corrected chi connectivity index (χ0v) is 13.4. The molecule has 0 radical (unpaired) electrons. The third kappa shape index (κ3) is 9.77. The first kappa shape index (κ1) is 17.1. The van der Waals surface area contributed by atoms with E-state index in [9.17, 15) is 0 Å². The summed E-state index contributed by atoms with van der Waals surface area (Å²) in [5.41, 5.74) is 0. The van der Waals surface area contributed by atoms with Gasteiger partial charge < -0.3 is 13.8 Å². The third-order valence-electron chi connectivity index (χ3n) is 2.82. The molecule has 0 bridgehead atoms. The Kier molecular flexibility index (Phi) is 12.6. The van der Waals surface area contributed by atoms with Crippen LogP contribution in [0.1, 0.15) is 47.0 Å². The largest absolute Gasteiger partial charge is 0.397 e. The second-order valence-corrected chi connectivity index (χ2v) is 6.44. The molecule has 0 aromatic rings. The van der Waals surface area contributed by atoms with Crippen LogP contribution >= 0.6 is 0 Å². The van der Waals surface area contributed by atoms with Crippen molar-refractivity contribution in [3.63, 3.8) is 0 Å². The third-order valence-corrected chi connectivity index (χ3v) is 4.92. The van der Waals surface area contributed by atoms with Crippen molar-refractivity contribution in [2.45, 2.75) is 53.0 Å². The van der Waals surface area contributed by atoms with Gasteiger partial charge in [-0.2, -0.15) is 0 Å². The predicted octanol–water partition coefficient (Wildman–Crippen LogP) is 2.79. The first-order chi connectivity index (χ1) is 8.28. The predicted molar refractivity (Wildman–Crippen MR) is 76.8 cm³/mol. The van der Waals surface area contributed by atoms with Crippen molar-refractivity contribution in [3.05, 3.63) is 0 Å². The van der Waals surface area contributed by atoms with E-state index in [0.29, 0.717) is 0 Å². The Morgan fingerprint density at radius 2 is 1.41 bits per heavy atom. The van der Waals surface area contributed by atoms with Gasteiger partial charge in [0.1, 0.15) is 0 Å². The Morgan fingerprint density at radius 3 is 1.82 bits per heavy atom. The molecule has 0 spiro atoms. The zero-order valence-electron chi connectivity index (χ0n) is 12.2. The molecule has 17 heavy (non-hydrogen) atoms. The maximum Gasteiger partial charge on any atom is 0.321 e. The van der Waals surface area contributed by atoms with Gasteiger partial charge in [-0.05, 0) is 44.9 Å². The van der Waals surface area contributed by atoms with E-state index in [4.69, 9.17) is 8.85 Å². The van der Waals surface area contributed by atoms with E-state index in [1.165, 1.54) is 13.0 Å². The van der Waals surface area contributed by atoms with E-state index in [0.717, 1.165) is 45.2 Å². The lowest BCUT2D eigenvalue weighted by molar-refractivity contribution is 0.193. The smallest absolute Gasteiger partial charge is 0.321 e. The van der Waals surface area contributed by atoms with Crippen LogP contribution in [0.4, 0.5) is 0 Å². The molecule has 0 aromatic heterocycles. The van der Waals surface area contributed by atoms with E-state index in [2.05, 4.69) is 32.6 Å². The molecule has 0 amide bonds. The molecule has 0 N–H and O–H groups in total. The van der Waals surface area contributed by atoms with E-state index >= 15 is 0 Å². The highest BCUT2D eigenvalue weighted by Crippen LogP contribution is 2.05. The molecular formula is C13H31NO2Si. The van der Waals surface area contributed by atoms with Crippen molar-refractivity contribution in [3.8, 4) is 0 Å². The first-order valence-corrected chi connectivity index (χ1v) is 8.99. The second-order valence-electron chi connectivity index (χ2n) is 4.34. The molecule has 0 aliphatic rings. The molecule has 3 nitrogen and oxygen atoms in total. The molecule has 0 aliphatic carbocycles. The summed E-state index contributed by atoms with van der Waals surface area (Å²) in [4.78, 5) is 2.46. The van der Waals surface area contributed by atoms with E-state index in [-0.39, 0.29) is 0 Å². The fraction of sp³-hybridized carbons (Fsp3) is 1.00. The van der Waals surface area contributed by atoms with Gasteiger partial charge in [0, 0.05) is 13.2 Å². The van der Waals surface area contributed by atoms with Crippen LogP contribution in [-0.4, -0.2) is 47.0 Å². The second kappa shape index (κ2) is 12.6. The minimum absolute atomic E-state index is 0.867. The van der Waals surface area contributed by atoms with Crippen LogP contribution in [0.15, 0.2) is 0 Å². The topological polar surface area (TPSA) is 21.7 Å². The molecule has 0 saturated carbocycles. The molecule has 4 heteroatoms. The van der Waals surface area contributed by atoms with Gasteiger partial charge in [0.25, 0.3) is 0 Å². The van der Waals surface area contributed by atoms with E-state index < -0.39 is 9.28 Å². The fourth-order valence-corrected chi connectivity index (χ4v) is 3.68. The highest BCUT2D eigenvalue weighted by molar-refractivity contribution is 6.44. The van der Waals surface area contributed by atoms with Crippen LogP contribution in [-0.2, 0) is 8.85 Å². The Balaban J connectivity index is 3.72. The molecule has 0 aromatic carbocycles. The quantitative estimate of drug-likeness (QED) is 0.504. The summed E-state index contributed by atoms with van der Waals surface area (Å²) in [5, 5.41) is 0. The van der Waals surface area contributed by atoms with Crippen molar-refractivity contribution in [1.29, 1.82) is 0 Å². The molecule has 0 aliphatic heterocycles. The maximum absolute atomic E-state index is 5.84. The van der Waals surface area contributed by atoms with Gasteiger partial charge in [-0.1, -0.05) is 27.7 Å². The molecule has 104 valence electrons. The van der Waals surface area contributed by atoms with Crippen molar-refractivity contribution >= 4 is 9.28 Å². The summed E-state index contributed by atoms with van der Waals surface area (Å²) in [6, 6.07) is 1.15. The summed E-state index contributed by atoms with van der Waals surface area (Å²) in [5.74, 6) is 0. The Labute approximate surface area is 109 Å². The Morgan fingerprint density at radius 1 is 0.882 bits per heavy atom. The molecule has 0 atom stereocenters. The van der Waals surface area contributed by atoms with E-state index in [1.807, 2.05) is 0 Å². The van der Waals surface area contributed by atoms with Crippen LogP contribution in [0.5, 0.6) is 0 Å². The highest BCUT2D eigenvalue weighted by atomic mass is 28.3. The van der Waals surface area contributed by atoms with Crippen molar-refractivity contribution in [2.75, 3.05) is 32.8 Å². The maximum atomic E-state index is 5.84. The summed E-state index contributed by atoms with van der Waals surface area (Å²) in [7, 11) is -1.38. The van der Waals surface area contributed by atoms with Crippen molar-refractivity contribution < 1.29 is 8.85 Å². The fourth-order valence-electron chi connectivity index (χ4n) is 1.73.